The number of anilines is 1. The molecule has 0 atom stereocenters. The van der Waals surface area contributed by atoms with Gasteiger partial charge in [0, 0.05) is 24.6 Å². The third-order valence-corrected chi connectivity index (χ3v) is 6.86. The second kappa shape index (κ2) is 8.21. The zero-order chi connectivity index (χ0) is 17.6. The Morgan fingerprint density at radius 2 is 1.19 bits per heavy atom. The highest BCUT2D eigenvalue weighted by Gasteiger charge is 2.19. The van der Waals surface area contributed by atoms with Crippen LogP contribution in [0.25, 0.3) is 0 Å². The van der Waals surface area contributed by atoms with Gasteiger partial charge in [-0.1, -0.05) is 78.9 Å². The Labute approximate surface area is 157 Å². The molecular weight excluding hydrogens is 335 g/mol. The van der Waals surface area contributed by atoms with Gasteiger partial charge in [-0.25, -0.2) is 0 Å². The van der Waals surface area contributed by atoms with Crippen LogP contribution in [0.5, 0.6) is 0 Å². The van der Waals surface area contributed by atoms with Gasteiger partial charge in [-0.3, -0.25) is 0 Å². The first-order chi connectivity index (χ1) is 12.9. The van der Waals surface area contributed by atoms with Gasteiger partial charge in [0.15, 0.2) is 0 Å². The van der Waals surface area contributed by atoms with Gasteiger partial charge in [-0.15, -0.1) is 0 Å². The number of nitrogens with zero attached hydrogens (tertiary/aromatic N) is 2. The van der Waals surface area contributed by atoms with Crippen molar-refractivity contribution in [3.63, 3.8) is 0 Å². The number of benzene rings is 3. The van der Waals surface area contributed by atoms with E-state index in [1.165, 1.54) is 10.6 Å². The lowest BCUT2D eigenvalue weighted by molar-refractivity contribution is 0.499. The molecule has 4 rings (SSSR count). The minimum absolute atomic E-state index is 0.370. The Balaban J connectivity index is 1.44. The van der Waals surface area contributed by atoms with Gasteiger partial charge in [0.2, 0.25) is 6.67 Å². The van der Waals surface area contributed by atoms with Crippen LogP contribution in [0, 0.1) is 6.67 Å². The molecular formula is C23H21N2P. The van der Waals surface area contributed by atoms with E-state index in [9.17, 15) is 0 Å². The van der Waals surface area contributed by atoms with Crippen molar-refractivity contribution >= 4 is 24.2 Å². The standard InChI is InChI=1S/C23H21N2P/c1-4-10-21(11-5-1)25-17-16-24(20-25)18-19-26(22-12-6-2-7-13-22)23-14-8-3-9-15-23/h1-17H,18-19H2. The quantitative estimate of drug-likeness (QED) is 0.604. The maximum absolute atomic E-state index is 3.43. The molecule has 3 heteroatoms. The summed E-state index contributed by atoms with van der Waals surface area (Å²) >= 11 is 0. The van der Waals surface area contributed by atoms with E-state index in [-0.39, 0.29) is 7.92 Å². The fourth-order valence-electron chi connectivity index (χ4n) is 3.04. The number of rotatable bonds is 6. The predicted octanol–water partition coefficient (Wildman–Crippen LogP) is 4.41. The van der Waals surface area contributed by atoms with E-state index in [4.69, 9.17) is 0 Å². The van der Waals surface area contributed by atoms with E-state index in [0.29, 0.717) is 0 Å². The Bertz CT molecular complexity index is 794. The van der Waals surface area contributed by atoms with Gasteiger partial charge in [-0.2, -0.15) is 0 Å². The number of hydrogen-bond donors (Lipinski definition) is 0. The molecule has 2 radical (unpaired) electrons. The van der Waals surface area contributed by atoms with Crippen molar-refractivity contribution in [3.8, 4) is 0 Å². The van der Waals surface area contributed by atoms with Gasteiger partial charge in [0.1, 0.15) is 0 Å². The molecule has 128 valence electrons. The van der Waals surface area contributed by atoms with Crippen LogP contribution < -0.4 is 15.5 Å². The van der Waals surface area contributed by atoms with Crippen LogP contribution in [0.3, 0.4) is 0 Å². The van der Waals surface area contributed by atoms with Crippen molar-refractivity contribution in [2.45, 2.75) is 0 Å². The molecule has 1 aliphatic heterocycles. The maximum atomic E-state index is 3.43. The minimum atomic E-state index is -0.370. The average Bonchev–Trinajstić information content (AvgIpc) is 3.20. The number of hydrogen-bond acceptors (Lipinski definition) is 2. The molecule has 3 aromatic carbocycles. The zero-order valence-electron chi connectivity index (χ0n) is 14.6. The van der Waals surface area contributed by atoms with Gasteiger partial charge in [0.25, 0.3) is 0 Å². The highest BCUT2D eigenvalue weighted by Crippen LogP contribution is 2.34. The zero-order valence-corrected chi connectivity index (χ0v) is 15.5. The Hall–Kier alpha value is -2.57. The van der Waals surface area contributed by atoms with Gasteiger partial charge in [-0.05, 0) is 36.8 Å². The molecule has 0 aliphatic carbocycles. The van der Waals surface area contributed by atoms with E-state index in [1.807, 2.05) is 11.0 Å². The fraction of sp³-hybridized carbons (Fsp3) is 0.0870. The molecule has 0 unspecified atom stereocenters. The van der Waals surface area contributed by atoms with Crippen LogP contribution in [-0.4, -0.2) is 17.6 Å². The summed E-state index contributed by atoms with van der Waals surface area (Å²) in [4.78, 5) is 4.21. The van der Waals surface area contributed by atoms with E-state index in [0.717, 1.165) is 18.4 Å². The van der Waals surface area contributed by atoms with E-state index in [2.05, 4.69) is 109 Å². The highest BCUT2D eigenvalue weighted by atomic mass is 31.1. The summed E-state index contributed by atoms with van der Waals surface area (Å²) in [5.74, 6) is 0. The van der Waals surface area contributed by atoms with Crippen molar-refractivity contribution in [1.29, 1.82) is 0 Å². The fourth-order valence-corrected chi connectivity index (χ4v) is 5.33. The topological polar surface area (TPSA) is 6.48 Å². The van der Waals surface area contributed by atoms with Gasteiger partial charge in [0.05, 0.1) is 0 Å². The van der Waals surface area contributed by atoms with Crippen LogP contribution in [-0.2, 0) is 0 Å². The van der Waals surface area contributed by atoms with Crippen molar-refractivity contribution in [3.05, 3.63) is 110 Å². The second-order valence-electron chi connectivity index (χ2n) is 6.12. The maximum Gasteiger partial charge on any atom is 0.212 e. The van der Waals surface area contributed by atoms with Crippen molar-refractivity contribution < 1.29 is 0 Å². The Morgan fingerprint density at radius 3 is 1.77 bits per heavy atom. The molecule has 0 spiro atoms. The molecule has 1 aliphatic rings. The van der Waals surface area contributed by atoms with Crippen LogP contribution in [0.15, 0.2) is 103 Å². The second-order valence-corrected chi connectivity index (χ2v) is 8.46. The summed E-state index contributed by atoms with van der Waals surface area (Å²) in [5.41, 5.74) is 1.14. The van der Waals surface area contributed by atoms with Crippen LogP contribution >= 0.6 is 7.92 Å². The molecule has 0 bridgehead atoms. The smallest absolute Gasteiger partial charge is 0.212 e. The summed E-state index contributed by atoms with van der Waals surface area (Å²) in [5, 5.41) is 2.86. The molecule has 0 fully saturated rings. The molecule has 0 aromatic heterocycles. The van der Waals surface area contributed by atoms with Crippen LogP contribution in [0.2, 0.25) is 0 Å². The monoisotopic (exact) mass is 356 g/mol. The molecule has 26 heavy (non-hydrogen) atoms. The Kier molecular flexibility index (Phi) is 5.33. The summed E-state index contributed by atoms with van der Waals surface area (Å²) in [6.07, 6.45) is 5.28. The van der Waals surface area contributed by atoms with Crippen molar-refractivity contribution in [2.24, 2.45) is 0 Å². The summed E-state index contributed by atoms with van der Waals surface area (Å²) in [6, 6.07) is 32.1. The summed E-state index contributed by atoms with van der Waals surface area (Å²) < 4.78 is 0. The third-order valence-electron chi connectivity index (χ3n) is 4.37. The molecule has 1 heterocycles. The largest absolute Gasteiger partial charge is 0.346 e. The summed E-state index contributed by atoms with van der Waals surface area (Å²) in [7, 11) is -0.370. The average molecular weight is 356 g/mol. The van der Waals surface area contributed by atoms with Gasteiger partial charge >= 0.3 is 0 Å². The molecule has 0 saturated carbocycles. The van der Waals surface area contributed by atoms with E-state index >= 15 is 0 Å². The first-order valence-electron chi connectivity index (χ1n) is 8.83. The van der Waals surface area contributed by atoms with E-state index < -0.39 is 0 Å². The van der Waals surface area contributed by atoms with Crippen LogP contribution in [0.1, 0.15) is 0 Å². The summed E-state index contributed by atoms with van der Waals surface area (Å²) in [6.45, 7) is 4.39. The predicted molar refractivity (Wildman–Crippen MR) is 112 cm³/mol. The van der Waals surface area contributed by atoms with Crippen molar-refractivity contribution in [2.75, 3.05) is 17.6 Å². The number of para-hydroxylation sites is 1. The SMILES string of the molecule is [C]1N(CCP(c2ccccc2)c2ccccc2)C=CN1c1ccccc1. The molecule has 0 N–H and O–H groups in total. The molecule has 2 nitrogen and oxygen atoms in total. The first-order valence-corrected chi connectivity index (χ1v) is 10.4. The van der Waals surface area contributed by atoms with Gasteiger partial charge < -0.3 is 9.80 Å². The molecule has 0 amide bonds. The Morgan fingerprint density at radius 1 is 0.654 bits per heavy atom. The first kappa shape index (κ1) is 16.9. The van der Waals surface area contributed by atoms with E-state index in [1.54, 1.807) is 0 Å². The molecule has 3 aromatic rings. The third kappa shape index (κ3) is 3.98. The van der Waals surface area contributed by atoms with Crippen molar-refractivity contribution in [1.82, 2.24) is 4.90 Å². The van der Waals surface area contributed by atoms with Crippen LogP contribution in [0.4, 0.5) is 5.69 Å². The minimum Gasteiger partial charge on any atom is -0.346 e. The lowest BCUT2D eigenvalue weighted by Gasteiger charge is -2.23. The highest BCUT2D eigenvalue weighted by molar-refractivity contribution is 7.73. The normalized spacial score (nSPS) is 13.6. The molecule has 0 saturated heterocycles. The lowest BCUT2D eigenvalue weighted by Crippen LogP contribution is -2.24. The lowest BCUT2D eigenvalue weighted by atomic mass is 10.3.